The lowest BCUT2D eigenvalue weighted by molar-refractivity contribution is -0.919. The Morgan fingerprint density at radius 2 is 1.33 bits per heavy atom. The molecular weight excluding hydrogens is 182 g/mol. The Hall–Kier alpha value is -0.820. The van der Waals surface area contributed by atoms with Crippen molar-refractivity contribution in [3.8, 4) is 0 Å². The van der Waals surface area contributed by atoms with Gasteiger partial charge in [-0.3, -0.25) is 0 Å². The van der Waals surface area contributed by atoms with Crippen molar-refractivity contribution >= 4 is 0 Å². The van der Waals surface area contributed by atoms with Crippen LogP contribution in [0.5, 0.6) is 0 Å². The van der Waals surface area contributed by atoms with Gasteiger partial charge in [0.25, 0.3) is 0 Å². The third-order valence-corrected chi connectivity index (χ3v) is 3.52. The van der Waals surface area contributed by atoms with Crippen LogP contribution in [-0.4, -0.2) is 24.6 Å². The van der Waals surface area contributed by atoms with Gasteiger partial charge in [0.2, 0.25) is 0 Å². The maximum Gasteiger partial charge on any atom is 0.104 e. The predicted molar refractivity (Wildman–Crippen MR) is 66.8 cm³/mol. The summed E-state index contributed by atoms with van der Waals surface area (Å²) < 4.78 is 1.13. The summed E-state index contributed by atoms with van der Waals surface area (Å²) in [5, 5.41) is 0. The van der Waals surface area contributed by atoms with Gasteiger partial charge in [0.15, 0.2) is 0 Å². The SMILES string of the molecule is CCc1ccc(C[N+](C)(CC)CC)cc1. The van der Waals surface area contributed by atoms with Gasteiger partial charge < -0.3 is 4.48 Å². The van der Waals surface area contributed by atoms with Crippen molar-refractivity contribution in [3.63, 3.8) is 0 Å². The fourth-order valence-corrected chi connectivity index (χ4v) is 1.77. The molecule has 0 saturated heterocycles. The Labute approximate surface area is 94.3 Å². The first kappa shape index (κ1) is 12.3. The van der Waals surface area contributed by atoms with Crippen molar-refractivity contribution in [2.24, 2.45) is 0 Å². The minimum Gasteiger partial charge on any atom is -0.323 e. The fraction of sp³-hybridized carbons (Fsp3) is 0.571. The van der Waals surface area contributed by atoms with Gasteiger partial charge in [-0.15, -0.1) is 0 Å². The quantitative estimate of drug-likeness (QED) is 0.649. The van der Waals surface area contributed by atoms with Gasteiger partial charge in [-0.25, -0.2) is 0 Å². The molecule has 0 heterocycles. The zero-order chi connectivity index (χ0) is 11.3. The normalized spacial score (nSPS) is 11.7. The molecule has 0 spiro atoms. The van der Waals surface area contributed by atoms with Crippen molar-refractivity contribution < 1.29 is 4.48 Å². The minimum absolute atomic E-state index is 1.13. The molecular formula is C14H24N+. The van der Waals surface area contributed by atoms with E-state index in [-0.39, 0.29) is 0 Å². The van der Waals surface area contributed by atoms with Gasteiger partial charge >= 0.3 is 0 Å². The smallest absolute Gasteiger partial charge is 0.104 e. The Morgan fingerprint density at radius 3 is 1.73 bits per heavy atom. The standard InChI is InChI=1S/C14H24N/c1-5-13-8-10-14(11-9-13)12-15(4,6-2)7-3/h8-11H,5-7,12H2,1-4H3/q+1. The highest BCUT2D eigenvalue weighted by atomic mass is 15.3. The molecule has 0 unspecified atom stereocenters. The molecule has 84 valence electrons. The first-order chi connectivity index (χ1) is 7.13. The Balaban J connectivity index is 2.71. The zero-order valence-electron chi connectivity index (χ0n) is 10.6. The number of benzene rings is 1. The molecule has 0 aliphatic heterocycles. The molecule has 1 heteroatoms. The second-order valence-electron chi connectivity index (χ2n) is 4.58. The Bertz CT molecular complexity index is 283. The number of hydrogen-bond acceptors (Lipinski definition) is 0. The van der Waals surface area contributed by atoms with Crippen molar-refractivity contribution in [2.45, 2.75) is 33.7 Å². The molecule has 0 atom stereocenters. The van der Waals surface area contributed by atoms with Crippen molar-refractivity contribution in [3.05, 3.63) is 35.4 Å². The summed E-state index contributed by atoms with van der Waals surface area (Å²) in [4.78, 5) is 0. The molecule has 0 aliphatic rings. The van der Waals surface area contributed by atoms with Gasteiger partial charge in [0.05, 0.1) is 20.1 Å². The van der Waals surface area contributed by atoms with Crippen LogP contribution in [0, 0.1) is 0 Å². The molecule has 0 amide bonds. The molecule has 0 aromatic heterocycles. The Morgan fingerprint density at radius 1 is 0.867 bits per heavy atom. The van der Waals surface area contributed by atoms with E-state index in [1.807, 2.05) is 0 Å². The first-order valence-corrected chi connectivity index (χ1v) is 6.05. The van der Waals surface area contributed by atoms with Crippen LogP contribution in [-0.2, 0) is 13.0 Å². The van der Waals surface area contributed by atoms with Crippen molar-refractivity contribution in [2.75, 3.05) is 20.1 Å². The number of hydrogen-bond donors (Lipinski definition) is 0. The number of nitrogens with zero attached hydrogens (tertiary/aromatic N) is 1. The van der Waals surface area contributed by atoms with Crippen LogP contribution in [0.2, 0.25) is 0 Å². The van der Waals surface area contributed by atoms with Gasteiger partial charge in [-0.1, -0.05) is 31.2 Å². The van der Waals surface area contributed by atoms with E-state index in [1.165, 1.54) is 24.2 Å². The number of quaternary nitrogens is 1. The monoisotopic (exact) mass is 206 g/mol. The summed E-state index contributed by atoms with van der Waals surface area (Å²) in [7, 11) is 2.33. The molecule has 0 aliphatic carbocycles. The molecule has 1 aromatic rings. The summed E-state index contributed by atoms with van der Waals surface area (Å²) in [6.45, 7) is 10.3. The van der Waals surface area contributed by atoms with Gasteiger partial charge in [0.1, 0.15) is 6.54 Å². The largest absolute Gasteiger partial charge is 0.323 e. The van der Waals surface area contributed by atoms with E-state index < -0.39 is 0 Å². The molecule has 1 nitrogen and oxygen atoms in total. The molecule has 0 radical (unpaired) electrons. The number of rotatable bonds is 5. The lowest BCUT2D eigenvalue weighted by atomic mass is 10.1. The third-order valence-electron chi connectivity index (χ3n) is 3.52. The minimum atomic E-state index is 1.13. The molecule has 0 bridgehead atoms. The van der Waals surface area contributed by atoms with Crippen LogP contribution in [0.25, 0.3) is 0 Å². The second kappa shape index (κ2) is 5.32. The van der Waals surface area contributed by atoms with Crippen LogP contribution < -0.4 is 0 Å². The Kier molecular flexibility index (Phi) is 4.34. The van der Waals surface area contributed by atoms with E-state index in [4.69, 9.17) is 0 Å². The molecule has 15 heavy (non-hydrogen) atoms. The highest BCUT2D eigenvalue weighted by molar-refractivity contribution is 5.21. The van der Waals surface area contributed by atoms with Crippen LogP contribution >= 0.6 is 0 Å². The first-order valence-electron chi connectivity index (χ1n) is 6.05. The van der Waals surface area contributed by atoms with Crippen LogP contribution in [0.1, 0.15) is 31.9 Å². The van der Waals surface area contributed by atoms with Gasteiger partial charge in [0, 0.05) is 5.56 Å². The summed E-state index contributed by atoms with van der Waals surface area (Å²) in [5.74, 6) is 0. The van der Waals surface area contributed by atoms with E-state index in [1.54, 1.807) is 0 Å². The van der Waals surface area contributed by atoms with E-state index in [0.29, 0.717) is 0 Å². The average Bonchev–Trinajstić information content (AvgIpc) is 2.30. The maximum absolute atomic E-state index is 2.33. The van der Waals surface area contributed by atoms with Crippen molar-refractivity contribution in [1.82, 2.24) is 0 Å². The highest BCUT2D eigenvalue weighted by Crippen LogP contribution is 2.12. The van der Waals surface area contributed by atoms with E-state index in [9.17, 15) is 0 Å². The summed E-state index contributed by atoms with van der Waals surface area (Å²) in [6.07, 6.45) is 1.13. The van der Waals surface area contributed by atoms with E-state index in [2.05, 4.69) is 52.1 Å². The lowest BCUT2D eigenvalue weighted by Crippen LogP contribution is -2.42. The summed E-state index contributed by atoms with van der Waals surface area (Å²) >= 11 is 0. The predicted octanol–water partition coefficient (Wildman–Crippen LogP) is 3.24. The van der Waals surface area contributed by atoms with E-state index in [0.717, 1.165) is 17.4 Å². The topological polar surface area (TPSA) is 0 Å². The zero-order valence-corrected chi connectivity index (χ0v) is 10.6. The van der Waals surface area contributed by atoms with Gasteiger partial charge in [-0.2, -0.15) is 0 Å². The van der Waals surface area contributed by atoms with Crippen molar-refractivity contribution in [1.29, 1.82) is 0 Å². The second-order valence-corrected chi connectivity index (χ2v) is 4.58. The summed E-state index contributed by atoms with van der Waals surface area (Å²) in [6, 6.07) is 9.07. The molecule has 1 rings (SSSR count). The molecule has 0 saturated carbocycles. The highest BCUT2D eigenvalue weighted by Gasteiger charge is 2.16. The fourth-order valence-electron chi connectivity index (χ4n) is 1.77. The van der Waals surface area contributed by atoms with E-state index >= 15 is 0 Å². The van der Waals surface area contributed by atoms with Gasteiger partial charge in [-0.05, 0) is 25.8 Å². The molecule has 0 fully saturated rings. The third kappa shape index (κ3) is 3.35. The van der Waals surface area contributed by atoms with Crippen LogP contribution in [0.4, 0.5) is 0 Å². The molecule has 0 N–H and O–H groups in total. The number of aryl methyl sites for hydroxylation is 1. The lowest BCUT2D eigenvalue weighted by Gasteiger charge is -2.32. The van der Waals surface area contributed by atoms with Crippen LogP contribution in [0.3, 0.4) is 0 Å². The molecule has 1 aromatic carbocycles. The summed E-state index contributed by atoms with van der Waals surface area (Å²) in [5.41, 5.74) is 2.89. The van der Waals surface area contributed by atoms with Crippen LogP contribution in [0.15, 0.2) is 24.3 Å². The maximum atomic E-state index is 2.33. The average molecular weight is 206 g/mol.